The molecule has 0 aliphatic rings. The topological polar surface area (TPSA) is 97.5 Å². The molecule has 0 unspecified atom stereocenters. The largest absolute Gasteiger partial charge is 0.351 e. The molecule has 7 heteroatoms. The van der Waals surface area contributed by atoms with E-state index < -0.39 is 28.4 Å². The average Bonchev–Trinajstić information content (AvgIpc) is 2.25. The zero-order chi connectivity index (χ0) is 13.9. The van der Waals surface area contributed by atoms with Crippen LogP contribution in [-0.2, 0) is 14.8 Å². The highest BCUT2D eigenvalue weighted by Crippen LogP contribution is 2.16. The second-order valence-corrected chi connectivity index (χ2v) is 5.73. The number of hydrogen-bond donors (Lipinski definition) is 1. The molecule has 2 N–H and O–H groups in total. The van der Waals surface area contributed by atoms with Gasteiger partial charge in [0.1, 0.15) is 5.78 Å². The van der Waals surface area contributed by atoms with Crippen molar-refractivity contribution in [3.8, 4) is 0 Å². The van der Waals surface area contributed by atoms with Crippen molar-refractivity contribution in [3.63, 3.8) is 0 Å². The Bertz CT molecular complexity index is 563. The third kappa shape index (κ3) is 3.07. The quantitative estimate of drug-likeness (QED) is 0.868. The highest BCUT2D eigenvalue weighted by atomic mass is 32.2. The molecule has 0 aromatic heterocycles. The number of amides is 2. The minimum Gasteiger partial charge on any atom is -0.351 e. The van der Waals surface area contributed by atoms with E-state index in [9.17, 15) is 18.0 Å². The molecule has 0 aliphatic heterocycles. The van der Waals surface area contributed by atoms with Crippen LogP contribution in [0.25, 0.3) is 0 Å². The standard InChI is InChI=1S/C11H14N2O4S/c1-8-3-5-10(6-4-8)18(16,17)13(11(12)15)7-9(2)14/h3-6H,7H2,1-2H3,(H2,12,15). The Hall–Kier alpha value is -1.89. The van der Waals surface area contributed by atoms with Gasteiger partial charge in [-0.2, -0.15) is 0 Å². The minimum absolute atomic E-state index is 0.0758. The predicted octanol–water partition coefficient (Wildman–Crippen LogP) is 0.653. The molecule has 0 fully saturated rings. The molecule has 6 nitrogen and oxygen atoms in total. The van der Waals surface area contributed by atoms with E-state index in [2.05, 4.69) is 0 Å². The van der Waals surface area contributed by atoms with Gasteiger partial charge < -0.3 is 5.73 Å². The molecular weight excluding hydrogens is 256 g/mol. The molecule has 0 atom stereocenters. The number of sulfonamides is 1. The number of urea groups is 1. The lowest BCUT2D eigenvalue weighted by Crippen LogP contribution is -2.43. The molecular formula is C11H14N2O4S. The van der Waals surface area contributed by atoms with Crippen molar-refractivity contribution in [2.24, 2.45) is 5.73 Å². The van der Waals surface area contributed by atoms with E-state index in [0.29, 0.717) is 4.31 Å². The predicted molar refractivity (Wildman–Crippen MR) is 65.3 cm³/mol. The Balaban J connectivity index is 3.21. The van der Waals surface area contributed by atoms with E-state index in [0.717, 1.165) is 5.56 Å². The summed E-state index contributed by atoms with van der Waals surface area (Å²) in [6.45, 7) is 2.42. The number of Topliss-reactive ketones (excluding diaryl/α,β-unsaturated/α-hetero) is 1. The lowest BCUT2D eigenvalue weighted by Gasteiger charge is -2.18. The van der Waals surface area contributed by atoms with Crippen LogP contribution in [0.5, 0.6) is 0 Å². The van der Waals surface area contributed by atoms with Crippen molar-refractivity contribution in [2.75, 3.05) is 6.54 Å². The van der Waals surface area contributed by atoms with Crippen LogP contribution in [0.4, 0.5) is 4.79 Å². The number of rotatable bonds is 4. The molecule has 1 aromatic carbocycles. The summed E-state index contributed by atoms with van der Waals surface area (Å²) in [5.41, 5.74) is 5.87. The van der Waals surface area contributed by atoms with Crippen LogP contribution in [0, 0.1) is 6.92 Å². The number of nitrogens with zero attached hydrogens (tertiary/aromatic N) is 1. The van der Waals surface area contributed by atoms with Gasteiger partial charge in [-0.1, -0.05) is 17.7 Å². The first kappa shape index (κ1) is 14.2. The van der Waals surface area contributed by atoms with Gasteiger partial charge in [0.05, 0.1) is 11.4 Å². The van der Waals surface area contributed by atoms with Crippen molar-refractivity contribution in [1.82, 2.24) is 4.31 Å². The summed E-state index contributed by atoms with van der Waals surface area (Å²) in [5, 5.41) is 0. The fourth-order valence-electron chi connectivity index (χ4n) is 1.32. The Kier molecular flexibility index (Phi) is 4.07. The molecule has 98 valence electrons. The average molecular weight is 270 g/mol. The Morgan fingerprint density at radius 1 is 1.22 bits per heavy atom. The first-order valence-corrected chi connectivity index (χ1v) is 6.57. The highest BCUT2D eigenvalue weighted by Gasteiger charge is 2.28. The molecule has 0 bridgehead atoms. The maximum absolute atomic E-state index is 12.1. The fourth-order valence-corrected chi connectivity index (χ4v) is 2.64. The fraction of sp³-hybridized carbons (Fsp3) is 0.273. The summed E-state index contributed by atoms with van der Waals surface area (Å²) in [4.78, 5) is 22.0. The summed E-state index contributed by atoms with van der Waals surface area (Å²) in [6, 6.07) is 4.74. The number of ketones is 1. The summed E-state index contributed by atoms with van der Waals surface area (Å²) in [7, 11) is -4.07. The number of hydrogen-bond acceptors (Lipinski definition) is 4. The third-order valence-electron chi connectivity index (χ3n) is 2.22. The molecule has 0 radical (unpaired) electrons. The molecule has 0 saturated heterocycles. The van der Waals surface area contributed by atoms with Gasteiger partial charge in [0, 0.05) is 0 Å². The maximum Gasteiger partial charge on any atom is 0.329 e. The van der Waals surface area contributed by atoms with Crippen molar-refractivity contribution in [1.29, 1.82) is 0 Å². The normalized spacial score (nSPS) is 11.0. The van der Waals surface area contributed by atoms with Crippen LogP contribution in [-0.4, -0.2) is 31.1 Å². The molecule has 18 heavy (non-hydrogen) atoms. The monoisotopic (exact) mass is 270 g/mol. The van der Waals surface area contributed by atoms with Crippen LogP contribution >= 0.6 is 0 Å². The van der Waals surface area contributed by atoms with Gasteiger partial charge in [-0.25, -0.2) is 17.5 Å². The van der Waals surface area contributed by atoms with Gasteiger partial charge in [-0.15, -0.1) is 0 Å². The zero-order valence-corrected chi connectivity index (χ0v) is 10.9. The number of primary amides is 1. The van der Waals surface area contributed by atoms with E-state index in [4.69, 9.17) is 5.73 Å². The van der Waals surface area contributed by atoms with Gasteiger partial charge in [0.15, 0.2) is 0 Å². The van der Waals surface area contributed by atoms with E-state index >= 15 is 0 Å². The number of aryl methyl sites for hydroxylation is 1. The summed E-state index contributed by atoms with van der Waals surface area (Å²) in [6.07, 6.45) is 0. The Morgan fingerprint density at radius 2 is 1.72 bits per heavy atom. The first-order chi connectivity index (χ1) is 8.25. The van der Waals surface area contributed by atoms with Gasteiger partial charge in [-0.3, -0.25) is 4.79 Å². The lowest BCUT2D eigenvalue weighted by atomic mass is 10.2. The van der Waals surface area contributed by atoms with Gasteiger partial charge in [0.25, 0.3) is 10.0 Å². The van der Waals surface area contributed by atoms with E-state index in [1.807, 2.05) is 0 Å². The highest BCUT2D eigenvalue weighted by molar-refractivity contribution is 7.89. The number of carbonyl (C=O) groups excluding carboxylic acids is 2. The molecule has 2 amide bonds. The zero-order valence-electron chi connectivity index (χ0n) is 10.1. The van der Waals surface area contributed by atoms with Crippen LogP contribution in [0.1, 0.15) is 12.5 Å². The van der Waals surface area contributed by atoms with E-state index in [-0.39, 0.29) is 4.90 Å². The Morgan fingerprint density at radius 3 is 2.11 bits per heavy atom. The summed E-state index contributed by atoms with van der Waals surface area (Å²) in [5.74, 6) is -0.468. The second-order valence-electron chi connectivity index (χ2n) is 3.86. The lowest BCUT2D eigenvalue weighted by molar-refractivity contribution is -0.116. The number of benzene rings is 1. The maximum atomic E-state index is 12.1. The molecule has 1 rings (SSSR count). The molecule has 0 heterocycles. The SMILES string of the molecule is CC(=O)CN(C(N)=O)S(=O)(=O)c1ccc(C)cc1. The second kappa shape index (κ2) is 5.18. The van der Waals surface area contributed by atoms with Gasteiger partial charge in [-0.05, 0) is 26.0 Å². The van der Waals surface area contributed by atoms with E-state index in [1.165, 1.54) is 19.1 Å². The van der Waals surface area contributed by atoms with Crippen molar-refractivity contribution < 1.29 is 18.0 Å². The molecule has 0 aliphatic carbocycles. The summed E-state index contributed by atoms with van der Waals surface area (Å²) >= 11 is 0. The van der Waals surface area contributed by atoms with Crippen molar-refractivity contribution in [2.45, 2.75) is 18.7 Å². The van der Waals surface area contributed by atoms with Crippen molar-refractivity contribution in [3.05, 3.63) is 29.8 Å². The van der Waals surface area contributed by atoms with Crippen LogP contribution in [0.3, 0.4) is 0 Å². The Labute approximate surface area is 105 Å². The molecule has 0 saturated carbocycles. The third-order valence-corrected chi connectivity index (χ3v) is 3.98. The van der Waals surface area contributed by atoms with Gasteiger partial charge >= 0.3 is 6.03 Å². The van der Waals surface area contributed by atoms with Crippen LogP contribution < -0.4 is 5.73 Å². The first-order valence-electron chi connectivity index (χ1n) is 5.13. The van der Waals surface area contributed by atoms with Gasteiger partial charge in [0.2, 0.25) is 0 Å². The smallest absolute Gasteiger partial charge is 0.329 e. The van der Waals surface area contributed by atoms with Crippen LogP contribution in [0.15, 0.2) is 29.2 Å². The minimum atomic E-state index is -4.07. The molecule has 1 aromatic rings. The van der Waals surface area contributed by atoms with E-state index in [1.54, 1.807) is 19.1 Å². The number of nitrogens with two attached hydrogens (primary N) is 1. The number of carbonyl (C=O) groups is 2. The van der Waals surface area contributed by atoms with Crippen molar-refractivity contribution >= 4 is 21.8 Å². The van der Waals surface area contributed by atoms with Crippen LogP contribution in [0.2, 0.25) is 0 Å². The summed E-state index contributed by atoms with van der Waals surface area (Å²) < 4.78 is 24.5. The molecule has 0 spiro atoms.